The molecule has 3 aromatic rings. The zero-order valence-electron chi connectivity index (χ0n) is 15.0. The number of oxazole rings is 1. The third-order valence-corrected chi connectivity index (χ3v) is 4.08. The highest BCUT2D eigenvalue weighted by Crippen LogP contribution is 2.11. The molecule has 27 heavy (non-hydrogen) atoms. The van der Waals surface area contributed by atoms with Gasteiger partial charge in [-0.05, 0) is 37.5 Å². The van der Waals surface area contributed by atoms with Crippen LogP contribution >= 0.6 is 0 Å². The summed E-state index contributed by atoms with van der Waals surface area (Å²) in [6, 6.07) is 18.8. The summed E-state index contributed by atoms with van der Waals surface area (Å²) in [5.41, 5.74) is 1.84. The van der Waals surface area contributed by atoms with Crippen LogP contribution in [0.25, 0.3) is 0 Å². The van der Waals surface area contributed by atoms with E-state index in [2.05, 4.69) is 27.8 Å². The summed E-state index contributed by atoms with van der Waals surface area (Å²) in [4.78, 5) is 28.4. The summed E-state index contributed by atoms with van der Waals surface area (Å²) in [5, 5.41) is 5.43. The smallest absolute Gasteiger partial charge is 0.302 e. The number of anilines is 1. The van der Waals surface area contributed by atoms with Gasteiger partial charge in [-0.2, -0.15) is 4.98 Å². The van der Waals surface area contributed by atoms with Crippen molar-refractivity contribution < 1.29 is 14.0 Å². The Morgan fingerprint density at radius 2 is 1.67 bits per heavy atom. The van der Waals surface area contributed by atoms with Crippen molar-refractivity contribution in [2.75, 3.05) is 5.32 Å². The molecule has 0 saturated heterocycles. The number of rotatable bonds is 7. The lowest BCUT2D eigenvalue weighted by Gasteiger charge is -2.12. The Labute approximate surface area is 157 Å². The van der Waals surface area contributed by atoms with Gasteiger partial charge in [0.05, 0.1) is 0 Å². The number of nitrogens with zero attached hydrogens (tertiary/aromatic N) is 1. The van der Waals surface area contributed by atoms with Crippen LogP contribution in [0, 0.1) is 0 Å². The molecule has 2 aromatic carbocycles. The summed E-state index contributed by atoms with van der Waals surface area (Å²) in [5.74, 6) is -0.680. The van der Waals surface area contributed by atoms with Gasteiger partial charge in [0.2, 0.25) is 0 Å². The molecule has 6 heteroatoms. The monoisotopic (exact) mass is 363 g/mol. The average Bonchev–Trinajstić information content (AvgIpc) is 3.16. The summed E-state index contributed by atoms with van der Waals surface area (Å²) >= 11 is 0. The van der Waals surface area contributed by atoms with Gasteiger partial charge in [0, 0.05) is 11.6 Å². The van der Waals surface area contributed by atoms with Crippen LogP contribution in [-0.4, -0.2) is 22.8 Å². The summed E-state index contributed by atoms with van der Waals surface area (Å²) in [7, 11) is 0. The maximum absolute atomic E-state index is 12.3. The third-order valence-electron chi connectivity index (χ3n) is 4.08. The molecule has 6 nitrogen and oxygen atoms in total. The Kier molecular flexibility index (Phi) is 5.99. The first-order valence-corrected chi connectivity index (χ1v) is 8.78. The van der Waals surface area contributed by atoms with E-state index in [-0.39, 0.29) is 29.6 Å². The van der Waals surface area contributed by atoms with Gasteiger partial charge >= 0.3 is 6.01 Å². The molecule has 1 unspecified atom stereocenters. The number of carbonyl (C=O) groups is 2. The molecule has 0 bridgehead atoms. The zero-order valence-corrected chi connectivity index (χ0v) is 15.0. The predicted octanol–water partition coefficient (Wildman–Crippen LogP) is 3.68. The van der Waals surface area contributed by atoms with Crippen LogP contribution in [-0.2, 0) is 6.42 Å². The topological polar surface area (TPSA) is 84.2 Å². The number of aromatic nitrogens is 1. The third kappa shape index (κ3) is 5.28. The van der Waals surface area contributed by atoms with Gasteiger partial charge in [-0.15, -0.1) is 0 Å². The molecule has 0 aliphatic heterocycles. The second-order valence-corrected chi connectivity index (χ2v) is 6.26. The van der Waals surface area contributed by atoms with E-state index in [9.17, 15) is 9.59 Å². The first kappa shape index (κ1) is 18.4. The Morgan fingerprint density at radius 1 is 1.00 bits per heavy atom. The molecule has 1 atom stereocenters. The van der Waals surface area contributed by atoms with Crippen LogP contribution in [0.3, 0.4) is 0 Å². The Bertz CT molecular complexity index is 891. The summed E-state index contributed by atoms with van der Waals surface area (Å²) in [6.07, 6.45) is 2.92. The first-order valence-electron chi connectivity index (χ1n) is 8.78. The van der Waals surface area contributed by atoms with E-state index >= 15 is 0 Å². The van der Waals surface area contributed by atoms with E-state index in [4.69, 9.17) is 4.42 Å². The highest BCUT2D eigenvalue weighted by atomic mass is 16.4. The number of amides is 2. The van der Waals surface area contributed by atoms with Gasteiger partial charge in [-0.1, -0.05) is 48.5 Å². The lowest BCUT2D eigenvalue weighted by molar-refractivity contribution is 0.0932. The molecule has 0 radical (unpaired) electrons. The van der Waals surface area contributed by atoms with Crippen LogP contribution in [0.4, 0.5) is 6.01 Å². The molecule has 2 amide bonds. The number of benzene rings is 2. The zero-order chi connectivity index (χ0) is 19.1. The SMILES string of the molecule is CC(CCc1ccccc1)NC(=O)c1coc(NC(=O)c2ccccc2)n1. The molecule has 3 rings (SSSR count). The fraction of sp³-hybridized carbons (Fsp3) is 0.190. The number of aryl methyl sites for hydroxylation is 1. The Balaban J connectivity index is 1.51. The van der Waals surface area contributed by atoms with Crippen molar-refractivity contribution in [3.8, 4) is 0 Å². The van der Waals surface area contributed by atoms with Crippen LogP contribution in [0.1, 0.15) is 39.8 Å². The van der Waals surface area contributed by atoms with Gasteiger partial charge < -0.3 is 9.73 Å². The van der Waals surface area contributed by atoms with E-state index in [1.54, 1.807) is 24.3 Å². The average molecular weight is 363 g/mol. The van der Waals surface area contributed by atoms with Gasteiger partial charge in [0.25, 0.3) is 11.8 Å². The summed E-state index contributed by atoms with van der Waals surface area (Å²) < 4.78 is 5.18. The van der Waals surface area contributed by atoms with Crippen LogP contribution < -0.4 is 10.6 Å². The Morgan fingerprint density at radius 3 is 2.37 bits per heavy atom. The molecule has 1 heterocycles. The van der Waals surface area contributed by atoms with Gasteiger partial charge in [0.1, 0.15) is 6.26 Å². The standard InChI is InChI=1S/C21H21N3O3/c1-15(12-13-16-8-4-2-5-9-16)22-20(26)18-14-27-21(23-18)24-19(25)17-10-6-3-7-11-17/h2-11,14-15H,12-13H2,1H3,(H,22,26)(H,23,24,25). The summed E-state index contributed by atoms with van der Waals surface area (Å²) in [6.45, 7) is 1.94. The molecule has 0 aliphatic carbocycles. The van der Waals surface area contributed by atoms with Gasteiger partial charge in [-0.25, -0.2) is 0 Å². The fourth-order valence-corrected chi connectivity index (χ4v) is 2.59. The second kappa shape index (κ2) is 8.80. The van der Waals surface area contributed by atoms with E-state index in [0.29, 0.717) is 5.56 Å². The molecule has 0 fully saturated rings. The largest absolute Gasteiger partial charge is 0.431 e. The highest BCUT2D eigenvalue weighted by molar-refractivity contribution is 6.03. The molecule has 138 valence electrons. The van der Waals surface area contributed by atoms with E-state index in [1.165, 1.54) is 11.8 Å². The minimum absolute atomic E-state index is 0.00839. The van der Waals surface area contributed by atoms with Crippen molar-refractivity contribution in [2.24, 2.45) is 0 Å². The fourth-order valence-electron chi connectivity index (χ4n) is 2.59. The van der Waals surface area contributed by atoms with E-state index in [1.807, 2.05) is 31.2 Å². The van der Waals surface area contributed by atoms with Crippen molar-refractivity contribution in [1.82, 2.24) is 10.3 Å². The molecular weight excluding hydrogens is 342 g/mol. The molecule has 0 spiro atoms. The predicted molar refractivity (Wildman–Crippen MR) is 103 cm³/mol. The van der Waals surface area contributed by atoms with Crippen LogP contribution in [0.15, 0.2) is 71.3 Å². The molecule has 0 aliphatic rings. The number of carbonyl (C=O) groups excluding carboxylic acids is 2. The van der Waals surface area contributed by atoms with Crippen LogP contribution in [0.2, 0.25) is 0 Å². The number of hydrogen-bond donors (Lipinski definition) is 2. The minimum atomic E-state index is -0.347. The number of nitrogens with one attached hydrogen (secondary N) is 2. The molecular formula is C21H21N3O3. The normalized spacial score (nSPS) is 11.6. The quantitative estimate of drug-likeness (QED) is 0.671. The first-order chi connectivity index (χ1) is 13.1. The molecule has 0 saturated carbocycles. The van der Waals surface area contributed by atoms with Gasteiger partial charge in [0.15, 0.2) is 5.69 Å². The van der Waals surface area contributed by atoms with Crippen molar-refractivity contribution >= 4 is 17.8 Å². The molecule has 2 N–H and O–H groups in total. The van der Waals surface area contributed by atoms with Crippen molar-refractivity contribution in [1.29, 1.82) is 0 Å². The second-order valence-electron chi connectivity index (χ2n) is 6.26. The van der Waals surface area contributed by atoms with Crippen molar-refractivity contribution in [2.45, 2.75) is 25.8 Å². The van der Waals surface area contributed by atoms with Crippen LogP contribution in [0.5, 0.6) is 0 Å². The van der Waals surface area contributed by atoms with E-state index in [0.717, 1.165) is 12.8 Å². The van der Waals surface area contributed by atoms with E-state index < -0.39 is 0 Å². The van der Waals surface area contributed by atoms with Gasteiger partial charge in [-0.3, -0.25) is 14.9 Å². The van der Waals surface area contributed by atoms with Crippen molar-refractivity contribution in [3.05, 3.63) is 83.7 Å². The lowest BCUT2D eigenvalue weighted by Crippen LogP contribution is -2.33. The lowest BCUT2D eigenvalue weighted by atomic mass is 10.1. The molecule has 1 aromatic heterocycles. The Hall–Kier alpha value is -3.41. The maximum atomic E-state index is 12.3. The minimum Gasteiger partial charge on any atom is -0.431 e. The number of hydrogen-bond acceptors (Lipinski definition) is 4. The maximum Gasteiger partial charge on any atom is 0.302 e. The van der Waals surface area contributed by atoms with Crippen molar-refractivity contribution in [3.63, 3.8) is 0 Å². The highest BCUT2D eigenvalue weighted by Gasteiger charge is 2.16.